The number of anilines is 1. The van der Waals surface area contributed by atoms with Gasteiger partial charge in [-0.1, -0.05) is 46.9 Å². The molecule has 1 atom stereocenters. The minimum Gasteiger partial charge on any atom is -0.323 e. The fourth-order valence-electron chi connectivity index (χ4n) is 2.90. The van der Waals surface area contributed by atoms with Gasteiger partial charge in [-0.3, -0.25) is 14.5 Å². The number of hydrogen-bond donors (Lipinski definition) is 2. The highest BCUT2D eigenvalue weighted by molar-refractivity contribution is 6.42. The van der Waals surface area contributed by atoms with E-state index in [1.54, 1.807) is 37.3 Å². The molecule has 4 amide bonds. The van der Waals surface area contributed by atoms with Crippen LogP contribution in [0.3, 0.4) is 0 Å². The van der Waals surface area contributed by atoms with Crippen LogP contribution < -0.4 is 10.6 Å². The first-order valence-corrected chi connectivity index (χ1v) is 9.41. The van der Waals surface area contributed by atoms with Gasteiger partial charge in [0.05, 0.1) is 20.8 Å². The van der Waals surface area contributed by atoms with Crippen LogP contribution >= 0.6 is 34.8 Å². The number of imide groups is 1. The second kappa shape index (κ2) is 7.62. The molecule has 6 nitrogen and oxygen atoms in total. The van der Waals surface area contributed by atoms with Gasteiger partial charge < -0.3 is 10.6 Å². The molecule has 28 heavy (non-hydrogen) atoms. The van der Waals surface area contributed by atoms with Crippen LogP contribution in [0.15, 0.2) is 36.4 Å². The standard InChI is InChI=1S/C19H16Cl3N3O3/c1-10-3-6-15(14(22)7-10)23-16(26)9-25-17(27)19(2,24-18(25)28)11-4-5-12(20)13(21)8-11/h3-8H,9H2,1-2H3,(H,23,26)(H,24,28). The van der Waals surface area contributed by atoms with Crippen molar-refractivity contribution in [1.82, 2.24) is 10.2 Å². The van der Waals surface area contributed by atoms with Crippen LogP contribution in [0.5, 0.6) is 0 Å². The third-order valence-electron chi connectivity index (χ3n) is 4.47. The summed E-state index contributed by atoms with van der Waals surface area (Å²) in [4.78, 5) is 38.5. The van der Waals surface area contributed by atoms with Crippen LogP contribution in [0.4, 0.5) is 10.5 Å². The average molecular weight is 441 g/mol. The fourth-order valence-corrected chi connectivity index (χ4v) is 3.48. The Labute approximate surface area is 176 Å². The molecule has 1 saturated heterocycles. The van der Waals surface area contributed by atoms with Crippen molar-refractivity contribution in [3.05, 3.63) is 62.6 Å². The van der Waals surface area contributed by atoms with E-state index in [1.165, 1.54) is 6.07 Å². The lowest BCUT2D eigenvalue weighted by atomic mass is 9.92. The molecular weight excluding hydrogens is 425 g/mol. The molecule has 0 aliphatic carbocycles. The normalized spacial score (nSPS) is 19.0. The predicted octanol–water partition coefficient (Wildman–Crippen LogP) is 4.36. The monoisotopic (exact) mass is 439 g/mol. The molecule has 1 unspecified atom stereocenters. The molecule has 2 aromatic carbocycles. The largest absolute Gasteiger partial charge is 0.325 e. The van der Waals surface area contributed by atoms with Crippen molar-refractivity contribution in [2.45, 2.75) is 19.4 Å². The number of hydrogen-bond acceptors (Lipinski definition) is 3. The number of carbonyl (C=O) groups excluding carboxylic acids is 3. The van der Waals surface area contributed by atoms with Gasteiger partial charge >= 0.3 is 6.03 Å². The molecule has 0 saturated carbocycles. The zero-order valence-electron chi connectivity index (χ0n) is 15.0. The summed E-state index contributed by atoms with van der Waals surface area (Å²) in [6.07, 6.45) is 0. The third kappa shape index (κ3) is 3.81. The van der Waals surface area contributed by atoms with Gasteiger partial charge in [-0.25, -0.2) is 4.79 Å². The Hall–Kier alpha value is -2.28. The zero-order valence-corrected chi connectivity index (χ0v) is 17.2. The van der Waals surface area contributed by atoms with E-state index < -0.39 is 29.9 Å². The van der Waals surface area contributed by atoms with Gasteiger partial charge in [0.25, 0.3) is 5.91 Å². The quantitative estimate of drug-likeness (QED) is 0.693. The lowest BCUT2D eigenvalue weighted by Gasteiger charge is -2.22. The van der Waals surface area contributed by atoms with Gasteiger partial charge in [0.2, 0.25) is 5.91 Å². The van der Waals surface area contributed by atoms with Gasteiger partial charge in [0, 0.05) is 0 Å². The number of nitrogens with zero attached hydrogens (tertiary/aromatic N) is 1. The van der Waals surface area contributed by atoms with Gasteiger partial charge in [0.15, 0.2) is 0 Å². The van der Waals surface area contributed by atoms with Crippen molar-refractivity contribution in [2.24, 2.45) is 0 Å². The summed E-state index contributed by atoms with van der Waals surface area (Å²) in [6, 6.07) is 9.12. The summed E-state index contributed by atoms with van der Waals surface area (Å²) in [5.41, 5.74) is 0.448. The van der Waals surface area contributed by atoms with Crippen molar-refractivity contribution in [3.8, 4) is 0 Å². The first kappa shape index (κ1) is 20.5. The lowest BCUT2D eigenvalue weighted by molar-refractivity contribution is -0.133. The van der Waals surface area contributed by atoms with Crippen LogP contribution in [-0.4, -0.2) is 29.3 Å². The van der Waals surface area contributed by atoms with E-state index in [0.717, 1.165) is 10.5 Å². The number of benzene rings is 2. The second-order valence-electron chi connectivity index (χ2n) is 6.61. The maximum atomic E-state index is 12.9. The van der Waals surface area contributed by atoms with Crippen LogP contribution in [0.25, 0.3) is 0 Å². The number of rotatable bonds is 4. The van der Waals surface area contributed by atoms with Crippen LogP contribution in [0.2, 0.25) is 15.1 Å². The molecular formula is C19H16Cl3N3O3. The lowest BCUT2D eigenvalue weighted by Crippen LogP contribution is -2.42. The Morgan fingerprint density at radius 1 is 1.07 bits per heavy atom. The number of nitrogens with one attached hydrogen (secondary N) is 2. The molecule has 1 aliphatic heterocycles. The van der Waals surface area contributed by atoms with E-state index in [9.17, 15) is 14.4 Å². The van der Waals surface area contributed by atoms with E-state index in [2.05, 4.69) is 10.6 Å². The van der Waals surface area contributed by atoms with Crippen molar-refractivity contribution >= 4 is 58.3 Å². The molecule has 2 N–H and O–H groups in total. The molecule has 1 heterocycles. The van der Waals surface area contributed by atoms with Crippen molar-refractivity contribution in [2.75, 3.05) is 11.9 Å². The molecule has 0 radical (unpaired) electrons. The van der Waals surface area contributed by atoms with Crippen molar-refractivity contribution in [1.29, 1.82) is 0 Å². The SMILES string of the molecule is Cc1ccc(NC(=O)CN2C(=O)NC(C)(c3ccc(Cl)c(Cl)c3)C2=O)c(Cl)c1. The highest BCUT2D eigenvalue weighted by atomic mass is 35.5. The van der Waals surface area contributed by atoms with E-state index >= 15 is 0 Å². The second-order valence-corrected chi connectivity index (χ2v) is 7.83. The molecule has 2 aromatic rings. The first-order valence-electron chi connectivity index (χ1n) is 8.27. The van der Waals surface area contributed by atoms with Crippen LogP contribution in [0.1, 0.15) is 18.1 Å². The van der Waals surface area contributed by atoms with Gasteiger partial charge in [-0.2, -0.15) is 0 Å². The Morgan fingerprint density at radius 3 is 2.43 bits per heavy atom. The molecule has 0 bridgehead atoms. The Kier molecular flexibility index (Phi) is 5.57. The average Bonchev–Trinajstić information content (AvgIpc) is 2.84. The highest BCUT2D eigenvalue weighted by Gasteiger charge is 2.49. The maximum Gasteiger partial charge on any atom is 0.325 e. The topological polar surface area (TPSA) is 78.5 Å². The van der Waals surface area contributed by atoms with Crippen LogP contribution in [0, 0.1) is 6.92 Å². The number of halogens is 3. The summed E-state index contributed by atoms with van der Waals surface area (Å²) in [5, 5.41) is 6.17. The van der Waals surface area contributed by atoms with Crippen molar-refractivity contribution in [3.63, 3.8) is 0 Å². The molecule has 1 fully saturated rings. The smallest absolute Gasteiger partial charge is 0.323 e. The highest BCUT2D eigenvalue weighted by Crippen LogP contribution is 2.33. The molecule has 146 valence electrons. The Balaban J connectivity index is 1.77. The molecule has 0 aromatic heterocycles. The van der Waals surface area contributed by atoms with Crippen LogP contribution in [-0.2, 0) is 15.1 Å². The molecule has 9 heteroatoms. The summed E-state index contributed by atoms with van der Waals surface area (Å²) in [6.45, 7) is 2.96. The van der Waals surface area contributed by atoms with Crippen molar-refractivity contribution < 1.29 is 14.4 Å². The number of carbonyl (C=O) groups is 3. The number of aryl methyl sites for hydroxylation is 1. The van der Waals surface area contributed by atoms with Gasteiger partial charge in [-0.15, -0.1) is 0 Å². The first-order chi connectivity index (χ1) is 13.1. The van der Waals surface area contributed by atoms with Gasteiger partial charge in [-0.05, 0) is 49.2 Å². The minimum atomic E-state index is -1.35. The molecule has 0 spiro atoms. The summed E-state index contributed by atoms with van der Waals surface area (Å²) >= 11 is 18.0. The molecule has 3 rings (SSSR count). The number of amides is 4. The van der Waals surface area contributed by atoms with E-state index in [1.807, 2.05) is 6.92 Å². The van der Waals surface area contributed by atoms with Gasteiger partial charge in [0.1, 0.15) is 12.1 Å². The van der Waals surface area contributed by atoms with E-state index in [4.69, 9.17) is 34.8 Å². The summed E-state index contributed by atoms with van der Waals surface area (Å²) in [5.74, 6) is -1.12. The summed E-state index contributed by atoms with van der Waals surface area (Å²) < 4.78 is 0. The van der Waals surface area contributed by atoms with E-state index in [-0.39, 0.29) is 5.02 Å². The Morgan fingerprint density at radius 2 is 1.79 bits per heavy atom. The maximum absolute atomic E-state index is 12.9. The molecule has 1 aliphatic rings. The Bertz CT molecular complexity index is 996. The summed E-state index contributed by atoms with van der Waals surface area (Å²) in [7, 11) is 0. The number of urea groups is 1. The minimum absolute atomic E-state index is 0.257. The fraction of sp³-hybridized carbons (Fsp3) is 0.211. The zero-order chi connectivity index (χ0) is 20.6. The third-order valence-corrected chi connectivity index (χ3v) is 5.52. The van der Waals surface area contributed by atoms with E-state index in [0.29, 0.717) is 21.3 Å². The predicted molar refractivity (Wildman–Crippen MR) is 109 cm³/mol.